The number of esters is 1. The summed E-state index contributed by atoms with van der Waals surface area (Å²) in [4.78, 5) is 11.7. The van der Waals surface area contributed by atoms with E-state index in [1.54, 1.807) is 0 Å². The molecule has 1 aliphatic rings. The Balaban J connectivity index is 2.28. The molecule has 21 heavy (non-hydrogen) atoms. The molecule has 0 radical (unpaired) electrons. The molecule has 0 spiro atoms. The number of hydrogen-bond donors (Lipinski definition) is 2. The summed E-state index contributed by atoms with van der Waals surface area (Å²) >= 11 is 5.83. The first-order valence-corrected chi connectivity index (χ1v) is 8.12. The second-order valence-corrected chi connectivity index (χ2v) is 6.54. The number of hydrogen-bond acceptors (Lipinski definition) is 5. The van der Waals surface area contributed by atoms with Crippen LogP contribution >= 0.6 is 11.6 Å². The van der Waals surface area contributed by atoms with E-state index < -0.39 is 16.2 Å². The molecule has 116 valence electrons. The number of carbonyl (C=O) groups is 1. The lowest BCUT2D eigenvalue weighted by Crippen LogP contribution is -2.48. The zero-order valence-electron chi connectivity index (χ0n) is 11.4. The van der Waals surface area contributed by atoms with E-state index in [2.05, 4.69) is 14.8 Å². The molecule has 1 aromatic carbocycles. The maximum atomic E-state index is 12.3. The van der Waals surface area contributed by atoms with Gasteiger partial charge in [-0.05, 0) is 18.2 Å². The fourth-order valence-electron chi connectivity index (χ4n) is 1.97. The van der Waals surface area contributed by atoms with E-state index in [4.69, 9.17) is 11.6 Å². The summed E-state index contributed by atoms with van der Waals surface area (Å²) in [7, 11) is -2.50. The van der Waals surface area contributed by atoms with Crippen LogP contribution in [0.4, 0.5) is 5.69 Å². The Morgan fingerprint density at radius 3 is 2.67 bits per heavy atom. The lowest BCUT2D eigenvalue weighted by Gasteiger charge is -2.27. The summed E-state index contributed by atoms with van der Waals surface area (Å²) in [5.74, 6) is -0.657. The minimum Gasteiger partial charge on any atom is -0.465 e. The van der Waals surface area contributed by atoms with Gasteiger partial charge in [0, 0.05) is 31.2 Å². The standard InChI is InChI=1S/C12H16ClN3O4S/c1-20-12(17)10-8-9(13)2-3-11(10)15-21(18,19)16-6-4-14-5-7-16/h2-3,8,14-15H,4-7H2,1H3. The maximum absolute atomic E-state index is 12.3. The molecule has 2 rings (SSSR count). The van der Waals surface area contributed by atoms with Crippen LogP contribution < -0.4 is 10.0 Å². The molecule has 1 aliphatic heterocycles. The third-order valence-corrected chi connectivity index (χ3v) is 4.80. The van der Waals surface area contributed by atoms with Gasteiger partial charge in [-0.2, -0.15) is 12.7 Å². The highest BCUT2D eigenvalue weighted by Crippen LogP contribution is 2.23. The van der Waals surface area contributed by atoms with Gasteiger partial charge in [0.25, 0.3) is 0 Å². The predicted octanol–water partition coefficient (Wildman–Crippen LogP) is 0.688. The van der Waals surface area contributed by atoms with E-state index in [0.717, 1.165) is 0 Å². The Kier molecular flexibility index (Phi) is 5.04. The van der Waals surface area contributed by atoms with Crippen molar-refractivity contribution in [3.63, 3.8) is 0 Å². The van der Waals surface area contributed by atoms with E-state index in [9.17, 15) is 13.2 Å². The average Bonchev–Trinajstić information content (AvgIpc) is 2.49. The third kappa shape index (κ3) is 3.85. The molecule has 0 bridgehead atoms. The molecular weight excluding hydrogens is 318 g/mol. The molecule has 0 amide bonds. The van der Waals surface area contributed by atoms with Crippen molar-refractivity contribution in [2.75, 3.05) is 38.0 Å². The van der Waals surface area contributed by atoms with Crippen molar-refractivity contribution in [2.45, 2.75) is 0 Å². The van der Waals surface area contributed by atoms with Crippen LogP contribution in [0, 0.1) is 0 Å². The molecule has 1 fully saturated rings. The van der Waals surface area contributed by atoms with Crippen LogP contribution in [-0.4, -0.2) is 52.0 Å². The van der Waals surface area contributed by atoms with Gasteiger partial charge in [-0.15, -0.1) is 0 Å². The molecule has 9 heteroatoms. The van der Waals surface area contributed by atoms with Crippen LogP contribution in [0.2, 0.25) is 5.02 Å². The zero-order chi connectivity index (χ0) is 15.5. The van der Waals surface area contributed by atoms with Gasteiger partial charge in [0.15, 0.2) is 0 Å². The fraction of sp³-hybridized carbons (Fsp3) is 0.417. The van der Waals surface area contributed by atoms with Gasteiger partial charge in [0.05, 0.1) is 18.4 Å². The molecule has 2 N–H and O–H groups in total. The minimum atomic E-state index is -3.72. The van der Waals surface area contributed by atoms with Crippen molar-refractivity contribution in [3.8, 4) is 0 Å². The van der Waals surface area contributed by atoms with Gasteiger partial charge in [0.1, 0.15) is 0 Å². The molecule has 7 nitrogen and oxygen atoms in total. The van der Waals surface area contributed by atoms with E-state index in [1.165, 1.54) is 29.6 Å². The molecule has 0 aliphatic carbocycles. The Morgan fingerprint density at radius 2 is 2.05 bits per heavy atom. The number of methoxy groups -OCH3 is 1. The number of anilines is 1. The van der Waals surface area contributed by atoms with Gasteiger partial charge >= 0.3 is 16.2 Å². The number of rotatable bonds is 4. The second kappa shape index (κ2) is 6.61. The van der Waals surface area contributed by atoms with Crippen LogP contribution in [0.3, 0.4) is 0 Å². The van der Waals surface area contributed by atoms with Crippen molar-refractivity contribution in [1.82, 2.24) is 9.62 Å². The van der Waals surface area contributed by atoms with Crippen LogP contribution in [0.1, 0.15) is 10.4 Å². The number of benzene rings is 1. The van der Waals surface area contributed by atoms with Gasteiger partial charge in [-0.3, -0.25) is 4.72 Å². The number of ether oxygens (including phenoxy) is 1. The molecule has 1 saturated heterocycles. The highest BCUT2D eigenvalue weighted by molar-refractivity contribution is 7.90. The number of nitrogens with zero attached hydrogens (tertiary/aromatic N) is 1. The maximum Gasteiger partial charge on any atom is 0.340 e. The SMILES string of the molecule is COC(=O)c1cc(Cl)ccc1NS(=O)(=O)N1CCNCC1. The summed E-state index contributed by atoms with van der Waals surface area (Å²) in [6.45, 7) is 1.92. The molecule has 1 heterocycles. The fourth-order valence-corrected chi connectivity index (χ4v) is 3.39. The Labute approximate surface area is 128 Å². The third-order valence-electron chi connectivity index (χ3n) is 3.04. The largest absolute Gasteiger partial charge is 0.465 e. The van der Waals surface area contributed by atoms with Gasteiger partial charge in [-0.25, -0.2) is 4.79 Å². The summed E-state index contributed by atoms with van der Waals surface area (Å²) in [6.07, 6.45) is 0. The summed E-state index contributed by atoms with van der Waals surface area (Å²) < 4.78 is 33.0. The van der Waals surface area contributed by atoms with Crippen LogP contribution in [0.5, 0.6) is 0 Å². The number of carbonyl (C=O) groups excluding carboxylic acids is 1. The van der Waals surface area contributed by atoms with Gasteiger partial charge in [0.2, 0.25) is 0 Å². The highest BCUT2D eigenvalue weighted by Gasteiger charge is 2.25. The van der Waals surface area contributed by atoms with E-state index >= 15 is 0 Å². The summed E-state index contributed by atoms with van der Waals surface area (Å²) in [5.41, 5.74) is 0.216. The van der Waals surface area contributed by atoms with E-state index in [-0.39, 0.29) is 11.3 Å². The number of halogens is 1. The van der Waals surface area contributed by atoms with E-state index in [0.29, 0.717) is 31.2 Å². The zero-order valence-corrected chi connectivity index (χ0v) is 13.0. The van der Waals surface area contributed by atoms with Crippen LogP contribution in [0.25, 0.3) is 0 Å². The van der Waals surface area contributed by atoms with Crippen molar-refractivity contribution in [1.29, 1.82) is 0 Å². The van der Waals surface area contributed by atoms with Crippen LogP contribution in [-0.2, 0) is 14.9 Å². The summed E-state index contributed by atoms with van der Waals surface area (Å²) in [5, 5.41) is 3.39. The van der Waals surface area contributed by atoms with Crippen molar-refractivity contribution >= 4 is 33.5 Å². The first-order chi connectivity index (χ1) is 9.94. The predicted molar refractivity (Wildman–Crippen MR) is 79.8 cm³/mol. The minimum absolute atomic E-state index is 0.0729. The van der Waals surface area contributed by atoms with Crippen molar-refractivity contribution in [2.24, 2.45) is 0 Å². The topological polar surface area (TPSA) is 87.7 Å². The first-order valence-electron chi connectivity index (χ1n) is 6.30. The lowest BCUT2D eigenvalue weighted by molar-refractivity contribution is 0.0602. The monoisotopic (exact) mass is 333 g/mol. The molecule has 0 saturated carbocycles. The van der Waals surface area contributed by atoms with Gasteiger partial charge in [-0.1, -0.05) is 11.6 Å². The molecule has 0 aromatic heterocycles. The smallest absolute Gasteiger partial charge is 0.340 e. The Morgan fingerprint density at radius 1 is 1.38 bits per heavy atom. The number of piperazine rings is 1. The lowest BCUT2D eigenvalue weighted by atomic mass is 10.2. The Bertz CT molecular complexity index is 629. The van der Waals surface area contributed by atoms with Crippen molar-refractivity contribution in [3.05, 3.63) is 28.8 Å². The molecule has 0 unspecified atom stereocenters. The van der Waals surface area contributed by atoms with Crippen molar-refractivity contribution < 1.29 is 17.9 Å². The average molecular weight is 334 g/mol. The highest BCUT2D eigenvalue weighted by atomic mass is 35.5. The molecule has 1 aromatic rings. The normalized spacial score (nSPS) is 16.5. The van der Waals surface area contributed by atoms with Gasteiger partial charge < -0.3 is 10.1 Å². The quantitative estimate of drug-likeness (QED) is 0.791. The first kappa shape index (κ1) is 16.0. The molecule has 0 atom stereocenters. The van der Waals surface area contributed by atoms with E-state index in [1.807, 2.05) is 0 Å². The van der Waals surface area contributed by atoms with Crippen LogP contribution in [0.15, 0.2) is 18.2 Å². The summed E-state index contributed by atoms with van der Waals surface area (Å²) in [6, 6.07) is 4.31. The number of nitrogens with one attached hydrogen (secondary N) is 2. The molecular formula is C12H16ClN3O4S. The second-order valence-electron chi connectivity index (χ2n) is 4.44. The Hall–Kier alpha value is -1.35.